The molecule has 2 heterocycles. The van der Waals surface area contributed by atoms with Crippen molar-refractivity contribution in [3.63, 3.8) is 0 Å². The van der Waals surface area contributed by atoms with Gasteiger partial charge in [0.2, 0.25) is 0 Å². The molecule has 13 unspecified atom stereocenters. The number of nitrogens with one attached hydrogen (secondary N) is 1. The number of esters is 1. The van der Waals surface area contributed by atoms with Crippen molar-refractivity contribution in [1.82, 2.24) is 10.2 Å². The largest absolute Gasteiger partial charge is 0.462 e. The summed E-state index contributed by atoms with van der Waals surface area (Å²) in [6, 6.07) is 9.25. The van der Waals surface area contributed by atoms with Crippen molar-refractivity contribution in [3.05, 3.63) is 47.5 Å². The third kappa shape index (κ3) is 3.95. The number of ether oxygens (including phenoxy) is 3. The van der Waals surface area contributed by atoms with Crippen molar-refractivity contribution >= 4 is 11.9 Å². The predicted octanol–water partition coefficient (Wildman–Crippen LogP) is 3.97. The van der Waals surface area contributed by atoms with Crippen LogP contribution >= 0.6 is 0 Å². The summed E-state index contributed by atoms with van der Waals surface area (Å²) < 4.78 is 19.5. The Hall–Kier alpha value is -2.26. The Morgan fingerprint density at radius 1 is 1.14 bits per heavy atom. The van der Waals surface area contributed by atoms with Gasteiger partial charge >= 0.3 is 5.97 Å². The molecule has 1 aromatic carbocycles. The lowest BCUT2D eigenvalue weighted by Gasteiger charge is -2.54. The lowest BCUT2D eigenvalue weighted by molar-refractivity contribution is -0.157. The van der Waals surface area contributed by atoms with Gasteiger partial charge in [0.25, 0.3) is 5.91 Å². The van der Waals surface area contributed by atoms with Crippen LogP contribution in [0.2, 0.25) is 0 Å². The Labute approximate surface area is 255 Å². The van der Waals surface area contributed by atoms with E-state index < -0.39 is 23.2 Å². The summed E-state index contributed by atoms with van der Waals surface area (Å²) in [5.41, 5.74) is 0.721. The molecule has 1 amide bonds. The SMILES string of the molecule is CC(=O)OC1CC2C(=CCC3(C)C(C(C)N(C)C)C(O)CC23C)CC23OC2C2OCC(C)(C2NC(=O)c2ccccc2)C13. The monoisotopic (exact) mass is 592 g/mol. The number of nitrogens with zero attached hydrogens (tertiary/aromatic N) is 1. The maximum atomic E-state index is 13.4. The van der Waals surface area contributed by atoms with Crippen LogP contribution in [0.25, 0.3) is 0 Å². The number of benzene rings is 1. The minimum atomic E-state index is -0.498. The molecule has 2 aliphatic heterocycles. The van der Waals surface area contributed by atoms with Crippen LogP contribution in [0.15, 0.2) is 42.0 Å². The zero-order valence-corrected chi connectivity index (χ0v) is 26.6. The summed E-state index contributed by atoms with van der Waals surface area (Å²) in [5, 5.41) is 15.0. The van der Waals surface area contributed by atoms with Crippen LogP contribution in [0.3, 0.4) is 0 Å². The van der Waals surface area contributed by atoms with Crippen molar-refractivity contribution in [1.29, 1.82) is 0 Å². The van der Waals surface area contributed by atoms with Gasteiger partial charge in [-0.05, 0) is 69.2 Å². The number of carbonyl (C=O) groups excluding carboxylic acids is 2. The number of hydrogen-bond donors (Lipinski definition) is 2. The molecule has 6 aliphatic rings. The fraction of sp³-hybridized carbons (Fsp3) is 0.714. The molecule has 1 aromatic rings. The van der Waals surface area contributed by atoms with E-state index >= 15 is 0 Å². The Kier molecular flexibility index (Phi) is 6.59. The molecular weight excluding hydrogens is 544 g/mol. The van der Waals surface area contributed by atoms with E-state index in [1.54, 1.807) is 0 Å². The first kappa shape index (κ1) is 29.5. The maximum absolute atomic E-state index is 13.4. The number of allylic oxidation sites excluding steroid dienone is 1. The summed E-state index contributed by atoms with van der Waals surface area (Å²) in [4.78, 5) is 28.4. The van der Waals surface area contributed by atoms with Gasteiger partial charge in [-0.15, -0.1) is 0 Å². The minimum absolute atomic E-state index is 0.111. The molecule has 0 radical (unpaired) electrons. The van der Waals surface area contributed by atoms with Gasteiger partial charge in [-0.25, -0.2) is 0 Å². The van der Waals surface area contributed by atoms with Crippen LogP contribution in [-0.4, -0.2) is 84.7 Å². The fourth-order valence-corrected chi connectivity index (χ4v) is 11.0. The molecule has 2 saturated heterocycles. The lowest BCUT2D eigenvalue weighted by Crippen LogP contribution is -2.63. The summed E-state index contributed by atoms with van der Waals surface area (Å²) in [7, 11) is 4.20. The zero-order valence-electron chi connectivity index (χ0n) is 26.6. The van der Waals surface area contributed by atoms with E-state index in [4.69, 9.17) is 14.2 Å². The van der Waals surface area contributed by atoms with Crippen molar-refractivity contribution in [2.75, 3.05) is 20.7 Å². The van der Waals surface area contributed by atoms with Gasteiger partial charge in [-0.1, -0.05) is 50.6 Å². The van der Waals surface area contributed by atoms with Crippen LogP contribution in [0.1, 0.15) is 70.7 Å². The quantitative estimate of drug-likeness (QED) is 0.303. The molecule has 2 bridgehead atoms. The normalized spacial score (nSPS) is 48.2. The first-order chi connectivity index (χ1) is 20.3. The van der Waals surface area contributed by atoms with Crippen molar-refractivity contribution < 1.29 is 28.9 Å². The maximum Gasteiger partial charge on any atom is 0.302 e. The molecule has 5 fully saturated rings. The number of rotatable bonds is 5. The summed E-state index contributed by atoms with van der Waals surface area (Å²) >= 11 is 0. The fourth-order valence-electron chi connectivity index (χ4n) is 11.0. The lowest BCUT2D eigenvalue weighted by atomic mass is 9.51. The van der Waals surface area contributed by atoms with Gasteiger partial charge in [0.05, 0.1) is 18.8 Å². The highest BCUT2D eigenvalue weighted by Crippen LogP contribution is 2.73. The molecule has 2 N–H and O–H groups in total. The Bertz CT molecular complexity index is 1350. The van der Waals surface area contributed by atoms with Crippen LogP contribution in [-0.2, 0) is 19.0 Å². The Morgan fingerprint density at radius 2 is 1.86 bits per heavy atom. The molecule has 8 heteroatoms. The van der Waals surface area contributed by atoms with E-state index in [1.807, 2.05) is 30.3 Å². The van der Waals surface area contributed by atoms with Gasteiger partial charge in [0.1, 0.15) is 23.9 Å². The van der Waals surface area contributed by atoms with Crippen LogP contribution in [0, 0.1) is 34.0 Å². The highest BCUT2D eigenvalue weighted by Gasteiger charge is 2.81. The summed E-state index contributed by atoms with van der Waals surface area (Å²) in [5.74, 6) is -0.286. The van der Waals surface area contributed by atoms with Crippen LogP contribution < -0.4 is 5.32 Å². The van der Waals surface area contributed by atoms with Gasteiger partial charge in [0.15, 0.2) is 0 Å². The minimum Gasteiger partial charge on any atom is -0.462 e. The Balaban J connectivity index is 1.28. The van der Waals surface area contributed by atoms with Crippen molar-refractivity contribution in [2.45, 2.75) is 102 Å². The third-order valence-electron chi connectivity index (χ3n) is 13.3. The first-order valence-corrected chi connectivity index (χ1v) is 16.1. The van der Waals surface area contributed by atoms with Gasteiger partial charge < -0.3 is 29.5 Å². The van der Waals surface area contributed by atoms with E-state index in [0.717, 1.165) is 19.3 Å². The van der Waals surface area contributed by atoms with Crippen molar-refractivity contribution in [3.8, 4) is 0 Å². The second kappa shape index (κ2) is 9.62. The van der Waals surface area contributed by atoms with Crippen LogP contribution in [0.5, 0.6) is 0 Å². The molecule has 43 heavy (non-hydrogen) atoms. The molecule has 4 aliphatic carbocycles. The molecule has 13 atom stereocenters. The predicted molar refractivity (Wildman–Crippen MR) is 161 cm³/mol. The number of epoxide rings is 1. The standard InChI is InChI=1S/C35H48N2O6/c1-19(37(6)7)26-24(39)17-34(5)23-15-25(42-20(2)38)28-32(3)18-41-27(29(32)36-31(40)21-11-9-8-10-12-21)30-35(28,43-30)16-22(23)13-14-33(26,34)4/h8-13,19,23-30,39H,14-18H2,1-7H3,(H,36,40). The van der Waals surface area contributed by atoms with E-state index in [0.29, 0.717) is 18.6 Å². The highest BCUT2D eigenvalue weighted by molar-refractivity contribution is 5.94. The number of fused-ring (bicyclic) bond motifs is 7. The van der Waals surface area contributed by atoms with Gasteiger partial charge in [-0.3, -0.25) is 9.59 Å². The van der Waals surface area contributed by atoms with E-state index in [1.165, 1.54) is 12.5 Å². The van der Waals surface area contributed by atoms with Crippen molar-refractivity contribution in [2.24, 2.45) is 34.0 Å². The number of hydrogen-bond acceptors (Lipinski definition) is 7. The van der Waals surface area contributed by atoms with E-state index in [9.17, 15) is 14.7 Å². The second-order valence-electron chi connectivity index (χ2n) is 15.5. The topological polar surface area (TPSA) is 101 Å². The smallest absolute Gasteiger partial charge is 0.302 e. The average Bonchev–Trinajstić information content (AvgIpc) is 3.55. The van der Waals surface area contributed by atoms with Gasteiger partial charge in [-0.2, -0.15) is 0 Å². The number of aliphatic hydroxyl groups is 1. The molecule has 3 saturated carbocycles. The number of aliphatic hydroxyl groups excluding tert-OH is 1. The zero-order chi connectivity index (χ0) is 30.7. The third-order valence-corrected chi connectivity index (χ3v) is 13.3. The molecule has 1 spiro atoms. The van der Waals surface area contributed by atoms with Gasteiger partial charge in [0, 0.05) is 42.2 Å². The first-order valence-electron chi connectivity index (χ1n) is 16.1. The molecule has 0 aromatic heterocycles. The summed E-state index contributed by atoms with van der Waals surface area (Å²) in [6.45, 7) is 11.1. The number of carbonyl (C=O) groups is 2. The molecule has 8 nitrogen and oxygen atoms in total. The molecule has 7 rings (SSSR count). The average molecular weight is 593 g/mol. The molecule has 234 valence electrons. The molecular formula is C35H48N2O6. The second-order valence-corrected chi connectivity index (χ2v) is 15.5. The van der Waals surface area contributed by atoms with E-state index in [2.05, 4.69) is 58.1 Å². The highest BCUT2D eigenvalue weighted by atomic mass is 16.6. The van der Waals surface area contributed by atoms with Crippen LogP contribution in [0.4, 0.5) is 0 Å². The summed E-state index contributed by atoms with van der Waals surface area (Å²) in [6.07, 6.45) is 4.28. The van der Waals surface area contributed by atoms with E-state index in [-0.39, 0.29) is 64.8 Å². The Morgan fingerprint density at radius 3 is 2.53 bits per heavy atom. The number of amides is 1.